The van der Waals surface area contributed by atoms with Gasteiger partial charge in [-0.1, -0.05) is 35.9 Å². The molecule has 0 amide bonds. The highest BCUT2D eigenvalue weighted by Crippen LogP contribution is 2.38. The summed E-state index contributed by atoms with van der Waals surface area (Å²) in [4.78, 5) is 16.4. The van der Waals surface area contributed by atoms with Crippen molar-refractivity contribution in [1.29, 1.82) is 0 Å². The molecular weight excluding hydrogens is 452 g/mol. The normalized spacial score (nSPS) is 14.2. The Morgan fingerprint density at radius 1 is 1.06 bits per heavy atom. The molecule has 8 heteroatoms. The number of benzene rings is 3. The summed E-state index contributed by atoms with van der Waals surface area (Å²) in [7, 11) is 0. The van der Waals surface area contributed by atoms with E-state index in [1.165, 1.54) is 36.4 Å². The number of nitrogens with zero attached hydrogens (tertiary/aromatic N) is 1. The quantitative estimate of drug-likeness (QED) is 0.317. The lowest BCUT2D eigenvalue weighted by Gasteiger charge is -2.14. The molecule has 3 aromatic carbocycles. The van der Waals surface area contributed by atoms with Gasteiger partial charge in [-0.3, -0.25) is 0 Å². The molecule has 0 spiro atoms. The van der Waals surface area contributed by atoms with Crippen LogP contribution in [0.2, 0.25) is 5.02 Å². The van der Waals surface area contributed by atoms with Gasteiger partial charge in [0.25, 0.3) is 0 Å². The maximum Gasteiger partial charge on any atom is 0.363 e. The van der Waals surface area contributed by atoms with Crippen LogP contribution in [0, 0.1) is 11.6 Å². The Bertz CT molecular complexity index is 1270. The Balaban J connectivity index is 1.62. The van der Waals surface area contributed by atoms with E-state index in [1.807, 2.05) is 0 Å². The second-order valence-corrected chi connectivity index (χ2v) is 7.40. The van der Waals surface area contributed by atoms with Crippen LogP contribution in [-0.4, -0.2) is 18.5 Å². The van der Waals surface area contributed by atoms with Gasteiger partial charge in [-0.25, -0.2) is 18.6 Å². The molecule has 1 heterocycles. The lowest BCUT2D eigenvalue weighted by molar-refractivity contribution is -0.129. The van der Waals surface area contributed by atoms with E-state index < -0.39 is 11.8 Å². The zero-order valence-electron chi connectivity index (χ0n) is 17.5. The molecule has 1 aliphatic rings. The van der Waals surface area contributed by atoms with Gasteiger partial charge in [-0.15, -0.1) is 0 Å². The van der Waals surface area contributed by atoms with Gasteiger partial charge in [0, 0.05) is 0 Å². The predicted molar refractivity (Wildman–Crippen MR) is 120 cm³/mol. The average Bonchev–Trinajstić information content (AvgIpc) is 3.13. The fourth-order valence-electron chi connectivity index (χ4n) is 3.17. The lowest BCUT2D eigenvalue weighted by atomic mass is 10.1. The van der Waals surface area contributed by atoms with Crippen molar-refractivity contribution in [2.45, 2.75) is 13.5 Å². The Kier molecular flexibility index (Phi) is 6.70. The third kappa shape index (κ3) is 5.21. The molecule has 0 fully saturated rings. The fourth-order valence-corrected chi connectivity index (χ4v) is 3.45. The number of halogens is 3. The van der Waals surface area contributed by atoms with Gasteiger partial charge in [0.2, 0.25) is 5.90 Å². The van der Waals surface area contributed by atoms with Crippen LogP contribution < -0.4 is 9.47 Å². The summed E-state index contributed by atoms with van der Waals surface area (Å²) < 4.78 is 44.0. The summed E-state index contributed by atoms with van der Waals surface area (Å²) in [5.74, 6) is -1.11. The summed E-state index contributed by atoms with van der Waals surface area (Å²) >= 11 is 6.43. The van der Waals surface area contributed by atoms with Gasteiger partial charge in [-0.2, -0.15) is 0 Å². The highest BCUT2D eigenvalue weighted by Gasteiger charge is 2.26. The van der Waals surface area contributed by atoms with Crippen LogP contribution in [0.5, 0.6) is 11.5 Å². The first-order chi connectivity index (χ1) is 15.9. The van der Waals surface area contributed by atoms with E-state index in [2.05, 4.69) is 4.99 Å². The van der Waals surface area contributed by atoms with Crippen molar-refractivity contribution in [3.05, 3.63) is 99.7 Å². The van der Waals surface area contributed by atoms with E-state index in [9.17, 15) is 13.6 Å². The number of esters is 1. The Morgan fingerprint density at radius 2 is 1.88 bits per heavy atom. The molecule has 5 nitrogen and oxygen atoms in total. The van der Waals surface area contributed by atoms with Crippen molar-refractivity contribution in [3.63, 3.8) is 0 Å². The maximum atomic E-state index is 14.0. The summed E-state index contributed by atoms with van der Waals surface area (Å²) in [6.45, 7) is 2.22. The minimum atomic E-state index is -0.714. The van der Waals surface area contributed by atoms with E-state index in [0.29, 0.717) is 23.5 Å². The lowest BCUT2D eigenvalue weighted by Crippen LogP contribution is -2.07. The minimum absolute atomic E-state index is 0.0137. The molecule has 0 radical (unpaired) electrons. The minimum Gasteiger partial charge on any atom is -0.490 e. The summed E-state index contributed by atoms with van der Waals surface area (Å²) in [5.41, 5.74) is 1.21. The van der Waals surface area contributed by atoms with E-state index in [4.69, 9.17) is 25.8 Å². The van der Waals surface area contributed by atoms with Gasteiger partial charge < -0.3 is 14.2 Å². The zero-order valence-corrected chi connectivity index (χ0v) is 18.2. The molecule has 0 N–H and O–H groups in total. The van der Waals surface area contributed by atoms with Crippen LogP contribution in [0.15, 0.2) is 71.4 Å². The summed E-state index contributed by atoms with van der Waals surface area (Å²) in [6, 6.07) is 15.1. The van der Waals surface area contributed by atoms with E-state index in [-0.39, 0.29) is 40.4 Å². The first-order valence-corrected chi connectivity index (χ1v) is 10.4. The molecule has 0 aliphatic carbocycles. The van der Waals surface area contributed by atoms with E-state index >= 15 is 0 Å². The number of rotatable bonds is 7. The van der Waals surface area contributed by atoms with E-state index in [1.54, 1.807) is 37.3 Å². The monoisotopic (exact) mass is 469 g/mol. The predicted octanol–water partition coefficient (Wildman–Crippen LogP) is 5.94. The Hall–Kier alpha value is -3.71. The second-order valence-electron chi connectivity index (χ2n) is 7.00. The topological polar surface area (TPSA) is 57.1 Å². The van der Waals surface area contributed by atoms with Crippen molar-refractivity contribution in [3.8, 4) is 11.5 Å². The van der Waals surface area contributed by atoms with Crippen molar-refractivity contribution in [1.82, 2.24) is 0 Å². The van der Waals surface area contributed by atoms with Crippen LogP contribution in [0.3, 0.4) is 0 Å². The number of hydrogen-bond donors (Lipinski definition) is 0. The number of ether oxygens (including phenoxy) is 3. The van der Waals surface area contributed by atoms with Crippen molar-refractivity contribution < 1.29 is 27.8 Å². The number of carbonyl (C=O) groups excluding carboxylic acids is 1. The molecule has 4 rings (SSSR count). The number of hydrogen-bond acceptors (Lipinski definition) is 5. The standard InChI is InChI=1S/C25H18ClF2NO4/c1-2-31-22-13-16(11-19(26)23(22)32-14-15-6-5-7-17(27)10-15)12-21-25(30)33-24(29-21)18-8-3-4-9-20(18)28/h3-13H,2,14H2,1H3/b21-12-. The molecule has 0 unspecified atom stereocenters. The Morgan fingerprint density at radius 3 is 2.64 bits per heavy atom. The second kappa shape index (κ2) is 9.83. The maximum absolute atomic E-state index is 14.0. The largest absolute Gasteiger partial charge is 0.490 e. The third-order valence-corrected chi connectivity index (χ3v) is 4.91. The van der Waals surface area contributed by atoms with Crippen LogP contribution >= 0.6 is 11.6 Å². The van der Waals surface area contributed by atoms with Crippen molar-refractivity contribution in [2.24, 2.45) is 4.99 Å². The number of carbonyl (C=O) groups is 1. The van der Waals surface area contributed by atoms with Crippen molar-refractivity contribution >= 4 is 29.5 Å². The molecule has 0 saturated carbocycles. The van der Waals surface area contributed by atoms with Crippen molar-refractivity contribution in [2.75, 3.05) is 6.61 Å². The smallest absolute Gasteiger partial charge is 0.363 e. The van der Waals surface area contributed by atoms with E-state index in [0.717, 1.165) is 0 Å². The van der Waals surface area contributed by atoms with Gasteiger partial charge in [0.05, 0.1) is 17.2 Å². The molecular formula is C25H18ClF2NO4. The fraction of sp³-hybridized carbons (Fsp3) is 0.120. The SMILES string of the molecule is CCOc1cc(/C=C2\N=C(c3ccccc3F)OC2=O)cc(Cl)c1OCc1cccc(F)c1. The number of aliphatic imine (C=N–C) groups is 1. The molecule has 3 aromatic rings. The van der Waals surface area contributed by atoms with Crippen LogP contribution in [-0.2, 0) is 16.1 Å². The first-order valence-electron chi connectivity index (χ1n) is 10.1. The molecule has 0 bridgehead atoms. The summed E-state index contributed by atoms with van der Waals surface area (Å²) in [5, 5.41) is 0.230. The van der Waals surface area contributed by atoms with Gasteiger partial charge >= 0.3 is 5.97 Å². The van der Waals surface area contributed by atoms with Gasteiger partial charge in [-0.05, 0) is 60.5 Å². The van der Waals surface area contributed by atoms with Gasteiger partial charge in [0.15, 0.2) is 17.2 Å². The highest BCUT2D eigenvalue weighted by atomic mass is 35.5. The molecule has 0 saturated heterocycles. The Labute approximate surface area is 193 Å². The molecule has 0 atom stereocenters. The first kappa shape index (κ1) is 22.5. The number of cyclic esters (lactones) is 1. The average molecular weight is 470 g/mol. The molecule has 0 aromatic heterocycles. The van der Waals surface area contributed by atoms with Gasteiger partial charge in [0.1, 0.15) is 18.2 Å². The zero-order chi connectivity index (χ0) is 23.4. The molecule has 168 valence electrons. The highest BCUT2D eigenvalue weighted by molar-refractivity contribution is 6.32. The third-order valence-electron chi connectivity index (χ3n) is 4.63. The molecule has 1 aliphatic heterocycles. The van der Waals surface area contributed by atoms with Crippen LogP contribution in [0.4, 0.5) is 8.78 Å². The van der Waals surface area contributed by atoms with Crippen LogP contribution in [0.1, 0.15) is 23.6 Å². The molecule has 33 heavy (non-hydrogen) atoms. The van der Waals surface area contributed by atoms with Crippen LogP contribution in [0.25, 0.3) is 6.08 Å². The summed E-state index contributed by atoms with van der Waals surface area (Å²) in [6.07, 6.45) is 1.46.